The maximum atomic E-state index is 12.8. The topological polar surface area (TPSA) is 86.1 Å². The molecule has 0 aliphatic rings. The molecule has 8 heteroatoms. The molecule has 0 radical (unpaired) electrons. The number of aromatic nitrogens is 3. The van der Waals surface area contributed by atoms with E-state index in [1.54, 1.807) is 20.8 Å². The summed E-state index contributed by atoms with van der Waals surface area (Å²) in [5.41, 5.74) is 2.17. The van der Waals surface area contributed by atoms with Crippen molar-refractivity contribution in [2.45, 2.75) is 34.6 Å². The Kier molecular flexibility index (Phi) is 6.12. The molecule has 0 saturated heterocycles. The van der Waals surface area contributed by atoms with Crippen LogP contribution in [-0.4, -0.2) is 39.1 Å². The molecule has 3 rings (SSSR count). The van der Waals surface area contributed by atoms with Gasteiger partial charge in [0.15, 0.2) is 11.6 Å². The van der Waals surface area contributed by atoms with E-state index in [0.29, 0.717) is 5.82 Å². The van der Waals surface area contributed by atoms with Crippen LogP contribution in [0.15, 0.2) is 30.5 Å². The van der Waals surface area contributed by atoms with Gasteiger partial charge in [0.2, 0.25) is 5.91 Å². The molecule has 0 fully saturated rings. The van der Waals surface area contributed by atoms with Gasteiger partial charge in [0.05, 0.1) is 23.7 Å². The van der Waals surface area contributed by atoms with E-state index in [9.17, 15) is 9.59 Å². The maximum absolute atomic E-state index is 12.8. The number of pyridine rings is 1. The molecule has 0 bridgehead atoms. The second-order valence-electron chi connectivity index (χ2n) is 7.78. The van der Waals surface area contributed by atoms with Crippen LogP contribution >= 0.6 is 11.6 Å². The first kappa shape index (κ1) is 21.8. The molecule has 158 valence electrons. The highest BCUT2D eigenvalue weighted by Gasteiger charge is 2.30. The number of fused-ring (bicyclic) bond motifs is 1. The largest absolute Gasteiger partial charge is 0.462 e. The Morgan fingerprint density at radius 1 is 1.23 bits per heavy atom. The summed E-state index contributed by atoms with van der Waals surface area (Å²) in [6, 6.07) is 7.84. The van der Waals surface area contributed by atoms with Crippen molar-refractivity contribution in [3.63, 3.8) is 0 Å². The van der Waals surface area contributed by atoms with E-state index in [-0.39, 0.29) is 29.8 Å². The van der Waals surface area contributed by atoms with Crippen LogP contribution in [0.5, 0.6) is 0 Å². The summed E-state index contributed by atoms with van der Waals surface area (Å²) in [6.45, 7) is 9.34. The van der Waals surface area contributed by atoms with Crippen LogP contribution in [0.4, 0.5) is 5.82 Å². The van der Waals surface area contributed by atoms with Gasteiger partial charge < -0.3 is 10.1 Å². The predicted octanol–water partition coefficient (Wildman–Crippen LogP) is 4.42. The Balaban J connectivity index is 2.18. The predicted molar refractivity (Wildman–Crippen MR) is 117 cm³/mol. The molecule has 1 N–H and O–H groups in total. The number of anilines is 1. The van der Waals surface area contributed by atoms with Crippen LogP contribution in [0.25, 0.3) is 16.7 Å². The molecule has 7 nitrogen and oxygen atoms in total. The highest BCUT2D eigenvalue weighted by Crippen LogP contribution is 2.27. The fourth-order valence-corrected chi connectivity index (χ4v) is 3.11. The SMILES string of the molecule is CCOC(=O)c1cnn(-c2cc(C)c3cccc(C)c3n2)c1NC(=O)C(C)(C)CCl. The summed E-state index contributed by atoms with van der Waals surface area (Å²) >= 11 is 5.95. The number of ether oxygens (including phenoxy) is 1. The third-order valence-corrected chi connectivity index (χ3v) is 5.56. The van der Waals surface area contributed by atoms with E-state index in [0.717, 1.165) is 22.0 Å². The lowest BCUT2D eigenvalue weighted by atomic mass is 9.95. The van der Waals surface area contributed by atoms with Gasteiger partial charge in [-0.05, 0) is 51.8 Å². The molecule has 0 aliphatic heterocycles. The zero-order valence-corrected chi connectivity index (χ0v) is 18.5. The molecular weight excluding hydrogens is 404 g/mol. The second-order valence-corrected chi connectivity index (χ2v) is 8.05. The van der Waals surface area contributed by atoms with E-state index < -0.39 is 11.4 Å². The number of esters is 1. The summed E-state index contributed by atoms with van der Waals surface area (Å²) in [4.78, 5) is 30.0. The molecule has 0 aliphatic carbocycles. The number of aryl methyl sites for hydroxylation is 2. The van der Waals surface area contributed by atoms with Crippen LogP contribution in [0.3, 0.4) is 0 Å². The molecule has 0 atom stereocenters. The van der Waals surface area contributed by atoms with Crippen LogP contribution in [0.2, 0.25) is 0 Å². The number of hydrogen-bond donors (Lipinski definition) is 1. The molecule has 3 aromatic rings. The Morgan fingerprint density at radius 2 is 1.97 bits per heavy atom. The van der Waals surface area contributed by atoms with Gasteiger partial charge in [-0.15, -0.1) is 11.6 Å². The number of carbonyl (C=O) groups excluding carboxylic acids is 2. The first-order valence-electron chi connectivity index (χ1n) is 9.69. The zero-order valence-electron chi connectivity index (χ0n) is 17.7. The van der Waals surface area contributed by atoms with Gasteiger partial charge >= 0.3 is 5.97 Å². The van der Waals surface area contributed by atoms with Crippen molar-refractivity contribution in [1.82, 2.24) is 14.8 Å². The lowest BCUT2D eigenvalue weighted by Crippen LogP contribution is -2.33. The van der Waals surface area contributed by atoms with Crippen molar-refractivity contribution in [3.05, 3.63) is 47.2 Å². The Bertz CT molecular complexity index is 1120. The maximum Gasteiger partial charge on any atom is 0.343 e. The molecule has 0 spiro atoms. The van der Waals surface area contributed by atoms with E-state index in [2.05, 4.69) is 10.4 Å². The van der Waals surface area contributed by atoms with Crippen molar-refractivity contribution in [2.24, 2.45) is 5.41 Å². The summed E-state index contributed by atoms with van der Waals surface area (Å²) in [6.07, 6.45) is 1.38. The molecule has 0 saturated carbocycles. The van der Waals surface area contributed by atoms with E-state index in [4.69, 9.17) is 21.3 Å². The van der Waals surface area contributed by atoms with Gasteiger partial charge in [0.1, 0.15) is 5.56 Å². The molecule has 1 aromatic carbocycles. The van der Waals surface area contributed by atoms with Gasteiger partial charge in [0, 0.05) is 11.3 Å². The second kappa shape index (κ2) is 8.44. The molecular formula is C22H25ClN4O3. The lowest BCUT2D eigenvalue weighted by Gasteiger charge is -2.21. The summed E-state index contributed by atoms with van der Waals surface area (Å²) in [5, 5.41) is 8.17. The minimum absolute atomic E-state index is 0.119. The fourth-order valence-electron chi connectivity index (χ4n) is 2.99. The van der Waals surface area contributed by atoms with Gasteiger partial charge in [-0.3, -0.25) is 4.79 Å². The Hall–Kier alpha value is -2.93. The van der Waals surface area contributed by atoms with Gasteiger partial charge in [0.25, 0.3) is 0 Å². The van der Waals surface area contributed by atoms with E-state index in [1.165, 1.54) is 10.9 Å². The molecule has 1 amide bonds. The standard InChI is InChI=1S/C22H25ClN4O3/c1-6-30-20(28)16-11-24-27(19(16)26-21(29)22(4,5)12-23)17-10-14(3)15-9-7-8-13(2)18(15)25-17/h7-11H,6,12H2,1-5H3,(H,26,29). The minimum Gasteiger partial charge on any atom is -0.462 e. The fraction of sp³-hybridized carbons (Fsp3) is 0.364. The first-order valence-corrected chi connectivity index (χ1v) is 10.2. The third kappa shape index (κ3) is 4.03. The molecule has 30 heavy (non-hydrogen) atoms. The number of halogens is 1. The highest BCUT2D eigenvalue weighted by atomic mass is 35.5. The number of alkyl halides is 1. The molecule has 2 heterocycles. The van der Waals surface area contributed by atoms with Crippen LogP contribution in [-0.2, 0) is 9.53 Å². The monoisotopic (exact) mass is 428 g/mol. The van der Waals surface area contributed by atoms with Crippen molar-refractivity contribution in [2.75, 3.05) is 17.8 Å². The quantitative estimate of drug-likeness (QED) is 0.464. The van der Waals surface area contributed by atoms with Gasteiger partial charge in [-0.1, -0.05) is 18.2 Å². The number of benzene rings is 1. The van der Waals surface area contributed by atoms with Crippen molar-refractivity contribution < 1.29 is 14.3 Å². The zero-order chi connectivity index (χ0) is 22.1. The number of nitrogens with zero attached hydrogens (tertiary/aromatic N) is 3. The number of rotatable bonds is 6. The highest BCUT2D eigenvalue weighted by molar-refractivity contribution is 6.20. The third-order valence-electron chi connectivity index (χ3n) is 4.90. The smallest absolute Gasteiger partial charge is 0.343 e. The Labute approximate surface area is 180 Å². The van der Waals surface area contributed by atoms with Crippen molar-refractivity contribution in [1.29, 1.82) is 0 Å². The van der Waals surface area contributed by atoms with E-state index in [1.807, 2.05) is 38.1 Å². The molecule has 0 unspecified atom stereocenters. The number of para-hydroxylation sites is 1. The van der Waals surface area contributed by atoms with Crippen LogP contribution in [0, 0.1) is 19.3 Å². The minimum atomic E-state index is -0.841. The Morgan fingerprint density at radius 3 is 2.63 bits per heavy atom. The number of nitrogens with one attached hydrogen (secondary N) is 1. The number of hydrogen-bond acceptors (Lipinski definition) is 5. The summed E-state index contributed by atoms with van der Waals surface area (Å²) in [5.74, 6) is -0.0935. The van der Waals surface area contributed by atoms with Crippen LogP contribution in [0.1, 0.15) is 42.3 Å². The summed E-state index contributed by atoms with van der Waals surface area (Å²) in [7, 11) is 0. The van der Waals surface area contributed by atoms with Crippen molar-refractivity contribution in [3.8, 4) is 5.82 Å². The first-order chi connectivity index (χ1) is 14.2. The van der Waals surface area contributed by atoms with Crippen LogP contribution < -0.4 is 5.32 Å². The lowest BCUT2D eigenvalue weighted by molar-refractivity contribution is -0.123. The summed E-state index contributed by atoms with van der Waals surface area (Å²) < 4.78 is 6.59. The van der Waals surface area contributed by atoms with Crippen molar-refractivity contribution >= 4 is 40.2 Å². The molecule has 2 aromatic heterocycles. The van der Waals surface area contributed by atoms with Gasteiger partial charge in [-0.2, -0.15) is 9.78 Å². The number of carbonyl (C=O) groups is 2. The van der Waals surface area contributed by atoms with Gasteiger partial charge in [-0.25, -0.2) is 9.78 Å². The average Bonchev–Trinajstić information content (AvgIpc) is 3.12. The van der Waals surface area contributed by atoms with E-state index >= 15 is 0 Å². The average molecular weight is 429 g/mol. The number of amides is 1. The normalized spacial score (nSPS) is 11.5.